The molecule has 0 aliphatic rings. The van der Waals surface area contributed by atoms with Gasteiger partial charge in [0.15, 0.2) is 0 Å². The molecule has 2 heterocycles. The first kappa shape index (κ1) is 28.0. The maximum Gasteiger partial charge on any atom is 0.135 e. The van der Waals surface area contributed by atoms with Crippen molar-refractivity contribution in [1.82, 2.24) is 9.55 Å². The summed E-state index contributed by atoms with van der Waals surface area (Å²) in [6.07, 6.45) is 3.92. The van der Waals surface area contributed by atoms with Crippen molar-refractivity contribution in [3.8, 4) is 10.4 Å². The predicted molar refractivity (Wildman–Crippen MR) is 182 cm³/mol. The van der Waals surface area contributed by atoms with E-state index in [0.717, 1.165) is 33.0 Å². The minimum absolute atomic E-state index is 0.131. The molecule has 3 nitrogen and oxygen atoms in total. The molecule has 0 spiro atoms. The van der Waals surface area contributed by atoms with Crippen LogP contribution in [0.15, 0.2) is 157 Å². The molecule has 0 aliphatic heterocycles. The summed E-state index contributed by atoms with van der Waals surface area (Å²) in [5.74, 6) is -0.131. The van der Waals surface area contributed by atoms with Gasteiger partial charge in [-0.25, -0.2) is 4.98 Å². The number of thiophene rings is 1. The molecule has 44 heavy (non-hydrogen) atoms. The Morgan fingerprint density at radius 1 is 0.636 bits per heavy atom. The summed E-state index contributed by atoms with van der Waals surface area (Å²) in [5, 5.41) is 17.0. The highest BCUT2D eigenvalue weighted by Crippen LogP contribution is 2.43. The Morgan fingerprint density at radius 3 is 1.75 bits per heavy atom. The Bertz CT molecular complexity index is 1900. The normalized spacial score (nSPS) is 13.3. The number of hydrogen-bond acceptors (Lipinski definition) is 3. The maximum absolute atomic E-state index is 12.6. The minimum Gasteiger partial charge on any atom is -0.378 e. The second kappa shape index (κ2) is 11.4. The highest BCUT2D eigenvalue weighted by molar-refractivity contribution is 7.13. The van der Waals surface area contributed by atoms with E-state index >= 15 is 0 Å². The van der Waals surface area contributed by atoms with Crippen LogP contribution in [0.4, 0.5) is 0 Å². The number of imidazole rings is 1. The quantitative estimate of drug-likeness (QED) is 0.179. The van der Waals surface area contributed by atoms with E-state index < -0.39 is 11.1 Å². The Balaban J connectivity index is 1.40. The van der Waals surface area contributed by atoms with E-state index in [4.69, 9.17) is 4.98 Å². The van der Waals surface area contributed by atoms with Crippen molar-refractivity contribution in [2.24, 2.45) is 5.92 Å². The lowest BCUT2D eigenvalue weighted by molar-refractivity contribution is 0.0279. The second-order valence-electron chi connectivity index (χ2n) is 11.6. The average Bonchev–Trinajstić information content (AvgIpc) is 3.80. The fraction of sp³-hybridized carbons (Fsp3) is 0.125. The number of nitrogens with zero attached hydrogens (tertiary/aromatic N) is 2. The number of aliphatic hydroxyl groups is 1. The molecule has 0 saturated carbocycles. The molecular weight excluding hydrogens is 557 g/mol. The first-order valence-corrected chi connectivity index (χ1v) is 15.9. The SMILES string of the molecule is CC(C)C(O)(c1ccc2cc(-c3cccs3)ccc2c1)c1cn(C(c2ccccc2)(c2ccccc2)c2ccccc2)cn1. The zero-order chi connectivity index (χ0) is 30.1. The molecule has 0 fully saturated rings. The van der Waals surface area contributed by atoms with Crippen molar-refractivity contribution < 1.29 is 5.11 Å². The van der Waals surface area contributed by atoms with Crippen molar-refractivity contribution in [2.75, 3.05) is 0 Å². The molecule has 2 aromatic heterocycles. The van der Waals surface area contributed by atoms with E-state index in [1.165, 1.54) is 10.4 Å². The summed E-state index contributed by atoms with van der Waals surface area (Å²) in [6, 6.07) is 48.7. The number of hydrogen-bond donors (Lipinski definition) is 1. The molecule has 5 aromatic carbocycles. The van der Waals surface area contributed by atoms with Crippen LogP contribution in [0.2, 0.25) is 0 Å². The smallest absolute Gasteiger partial charge is 0.135 e. The lowest BCUT2D eigenvalue weighted by Gasteiger charge is -2.37. The van der Waals surface area contributed by atoms with Crippen LogP contribution in [0, 0.1) is 5.92 Å². The van der Waals surface area contributed by atoms with Gasteiger partial charge >= 0.3 is 0 Å². The van der Waals surface area contributed by atoms with Gasteiger partial charge in [0.05, 0.1) is 12.0 Å². The van der Waals surface area contributed by atoms with Gasteiger partial charge < -0.3 is 9.67 Å². The maximum atomic E-state index is 12.6. The third kappa shape index (κ3) is 4.59. The van der Waals surface area contributed by atoms with Crippen LogP contribution in [0.25, 0.3) is 21.2 Å². The molecule has 0 aliphatic carbocycles. The standard InChI is InChI=1S/C40H34N2OS/c1-29(2)40(43,36-23-22-30-25-32(21-20-31(30)26-36)37-19-12-24-44-37)38-27-42(28-41-38)39(33-13-6-3-7-14-33,34-15-8-4-9-16-34)35-17-10-5-11-18-35/h3-29,43H,1-2H3. The monoisotopic (exact) mass is 590 g/mol. The van der Waals surface area contributed by atoms with Crippen LogP contribution in [-0.2, 0) is 11.1 Å². The Morgan fingerprint density at radius 2 is 1.20 bits per heavy atom. The Kier molecular flexibility index (Phi) is 7.25. The largest absolute Gasteiger partial charge is 0.378 e. The fourth-order valence-electron chi connectivity index (χ4n) is 6.54. The number of fused-ring (bicyclic) bond motifs is 1. The first-order valence-electron chi connectivity index (χ1n) is 15.0. The van der Waals surface area contributed by atoms with E-state index in [-0.39, 0.29) is 5.92 Å². The van der Waals surface area contributed by atoms with Crippen molar-refractivity contribution in [1.29, 1.82) is 0 Å². The van der Waals surface area contributed by atoms with Gasteiger partial charge in [0.1, 0.15) is 11.1 Å². The first-order chi connectivity index (χ1) is 21.5. The van der Waals surface area contributed by atoms with Crippen LogP contribution in [0.5, 0.6) is 0 Å². The summed E-state index contributed by atoms with van der Waals surface area (Å²) < 4.78 is 2.17. The molecule has 7 aromatic rings. The summed E-state index contributed by atoms with van der Waals surface area (Å²) in [4.78, 5) is 6.22. The highest BCUT2D eigenvalue weighted by Gasteiger charge is 2.42. The van der Waals surface area contributed by atoms with E-state index in [1.54, 1.807) is 11.3 Å². The number of rotatable bonds is 8. The minimum atomic E-state index is -1.30. The second-order valence-corrected chi connectivity index (χ2v) is 12.6. The zero-order valence-corrected chi connectivity index (χ0v) is 25.7. The molecule has 7 rings (SSSR count). The number of benzene rings is 5. The molecule has 1 unspecified atom stereocenters. The van der Waals surface area contributed by atoms with Crippen LogP contribution in [0.3, 0.4) is 0 Å². The third-order valence-corrected chi connectivity index (χ3v) is 9.78. The van der Waals surface area contributed by atoms with E-state index in [9.17, 15) is 5.11 Å². The molecule has 0 bridgehead atoms. The lowest BCUT2D eigenvalue weighted by Crippen LogP contribution is -2.37. The van der Waals surface area contributed by atoms with Gasteiger partial charge in [-0.15, -0.1) is 11.3 Å². The molecule has 0 amide bonds. The molecular formula is C40H34N2OS. The highest BCUT2D eigenvalue weighted by atomic mass is 32.1. The zero-order valence-electron chi connectivity index (χ0n) is 24.8. The van der Waals surface area contributed by atoms with Gasteiger partial charge in [-0.3, -0.25) is 0 Å². The molecule has 0 saturated heterocycles. The third-order valence-electron chi connectivity index (χ3n) is 8.86. The van der Waals surface area contributed by atoms with Gasteiger partial charge in [-0.05, 0) is 68.1 Å². The summed E-state index contributed by atoms with van der Waals surface area (Å²) in [6.45, 7) is 4.11. The Hall–Kier alpha value is -4.77. The van der Waals surface area contributed by atoms with E-state index in [2.05, 4.69) is 145 Å². The van der Waals surface area contributed by atoms with Crippen LogP contribution < -0.4 is 0 Å². The van der Waals surface area contributed by atoms with Gasteiger partial charge in [-0.1, -0.05) is 135 Å². The number of aromatic nitrogens is 2. The van der Waals surface area contributed by atoms with E-state index in [1.807, 2.05) is 30.7 Å². The average molecular weight is 591 g/mol. The summed E-state index contributed by atoms with van der Waals surface area (Å²) in [7, 11) is 0. The topological polar surface area (TPSA) is 38.0 Å². The Labute approximate surface area is 262 Å². The van der Waals surface area contributed by atoms with Crippen molar-refractivity contribution >= 4 is 22.1 Å². The van der Waals surface area contributed by atoms with Gasteiger partial charge in [0, 0.05) is 11.1 Å². The molecule has 1 atom stereocenters. The van der Waals surface area contributed by atoms with Gasteiger partial charge in [-0.2, -0.15) is 0 Å². The van der Waals surface area contributed by atoms with Crippen molar-refractivity contribution in [3.63, 3.8) is 0 Å². The van der Waals surface area contributed by atoms with Gasteiger partial charge in [0.2, 0.25) is 0 Å². The van der Waals surface area contributed by atoms with Crippen molar-refractivity contribution in [3.05, 3.63) is 185 Å². The van der Waals surface area contributed by atoms with E-state index in [0.29, 0.717) is 5.69 Å². The molecule has 1 N–H and O–H groups in total. The fourth-order valence-corrected chi connectivity index (χ4v) is 7.27. The van der Waals surface area contributed by atoms with Crippen molar-refractivity contribution in [2.45, 2.75) is 25.0 Å². The lowest BCUT2D eigenvalue weighted by atomic mass is 9.76. The van der Waals surface area contributed by atoms with Crippen LogP contribution in [0.1, 0.15) is 41.8 Å². The predicted octanol–water partition coefficient (Wildman–Crippen LogP) is 9.50. The molecule has 0 radical (unpaired) electrons. The summed E-state index contributed by atoms with van der Waals surface area (Å²) >= 11 is 1.74. The van der Waals surface area contributed by atoms with Crippen LogP contribution >= 0.6 is 11.3 Å². The van der Waals surface area contributed by atoms with Gasteiger partial charge in [0.25, 0.3) is 0 Å². The summed E-state index contributed by atoms with van der Waals surface area (Å²) in [5.41, 5.74) is 3.99. The molecule has 4 heteroatoms. The van der Waals surface area contributed by atoms with Crippen LogP contribution in [-0.4, -0.2) is 14.7 Å². The molecule has 216 valence electrons.